The number of carbonyl (C=O) groups is 3. The SMILES string of the molecule is CC(=O)c1ccc(N2C(=O)c3cnc4c(c(C)nn4-c4ccccc4)c3C2=O)cc1. The van der Waals surface area contributed by atoms with Crippen LogP contribution in [0.1, 0.15) is 43.7 Å². The largest absolute Gasteiger partial charge is 0.295 e. The van der Waals surface area contributed by atoms with Crippen LogP contribution in [0.25, 0.3) is 16.7 Å². The van der Waals surface area contributed by atoms with E-state index in [-0.39, 0.29) is 11.3 Å². The van der Waals surface area contributed by atoms with Crippen LogP contribution in [0.15, 0.2) is 60.8 Å². The lowest BCUT2D eigenvalue weighted by molar-refractivity contribution is 0.0925. The number of aryl methyl sites for hydroxylation is 1. The van der Waals surface area contributed by atoms with Crippen molar-refractivity contribution in [3.63, 3.8) is 0 Å². The third kappa shape index (κ3) is 2.49. The molecule has 2 aromatic carbocycles. The first-order valence-electron chi connectivity index (χ1n) is 9.41. The Bertz CT molecular complexity index is 1350. The summed E-state index contributed by atoms with van der Waals surface area (Å²) in [6.45, 7) is 3.26. The van der Waals surface area contributed by atoms with Gasteiger partial charge in [-0.25, -0.2) is 14.6 Å². The number of hydrogen-bond donors (Lipinski definition) is 0. The van der Waals surface area contributed by atoms with Gasteiger partial charge in [-0.3, -0.25) is 14.4 Å². The Labute approximate surface area is 171 Å². The van der Waals surface area contributed by atoms with E-state index in [0.717, 1.165) is 10.6 Å². The average Bonchev–Trinajstić information content (AvgIpc) is 3.23. The van der Waals surface area contributed by atoms with Gasteiger partial charge in [0.15, 0.2) is 11.4 Å². The Morgan fingerprint density at radius 1 is 0.900 bits per heavy atom. The molecule has 0 spiro atoms. The second-order valence-corrected chi connectivity index (χ2v) is 7.13. The van der Waals surface area contributed by atoms with Crippen LogP contribution >= 0.6 is 0 Å². The second-order valence-electron chi connectivity index (χ2n) is 7.13. The zero-order valence-electron chi connectivity index (χ0n) is 16.3. The van der Waals surface area contributed by atoms with E-state index in [1.807, 2.05) is 30.3 Å². The van der Waals surface area contributed by atoms with Gasteiger partial charge >= 0.3 is 0 Å². The quantitative estimate of drug-likeness (QED) is 0.389. The molecule has 0 fully saturated rings. The molecule has 0 unspecified atom stereocenters. The van der Waals surface area contributed by atoms with Gasteiger partial charge in [-0.1, -0.05) is 18.2 Å². The molecular formula is C23H16N4O3. The monoisotopic (exact) mass is 396 g/mol. The van der Waals surface area contributed by atoms with Gasteiger partial charge in [0, 0.05) is 11.8 Å². The number of rotatable bonds is 3. The van der Waals surface area contributed by atoms with E-state index >= 15 is 0 Å². The summed E-state index contributed by atoms with van der Waals surface area (Å²) in [6, 6.07) is 15.9. The minimum absolute atomic E-state index is 0.0845. The summed E-state index contributed by atoms with van der Waals surface area (Å²) in [5.41, 5.74) is 3.43. The molecule has 0 aliphatic carbocycles. The van der Waals surface area contributed by atoms with E-state index < -0.39 is 11.8 Å². The Balaban J connectivity index is 1.66. The lowest BCUT2D eigenvalue weighted by Gasteiger charge is -2.14. The van der Waals surface area contributed by atoms with Gasteiger partial charge in [0.05, 0.1) is 33.6 Å². The van der Waals surface area contributed by atoms with Gasteiger partial charge in [-0.05, 0) is 50.2 Å². The van der Waals surface area contributed by atoms with E-state index in [1.54, 1.807) is 35.9 Å². The summed E-state index contributed by atoms with van der Waals surface area (Å²) in [6.07, 6.45) is 1.43. The van der Waals surface area contributed by atoms with Crippen LogP contribution in [0, 0.1) is 6.92 Å². The van der Waals surface area contributed by atoms with Crippen molar-refractivity contribution in [2.45, 2.75) is 13.8 Å². The number of fused-ring (bicyclic) bond motifs is 3. The first-order valence-corrected chi connectivity index (χ1v) is 9.41. The smallest absolute Gasteiger partial charge is 0.267 e. The summed E-state index contributed by atoms with van der Waals surface area (Å²) in [7, 11) is 0. The van der Waals surface area contributed by atoms with Crippen molar-refractivity contribution in [2.24, 2.45) is 0 Å². The number of hydrogen-bond acceptors (Lipinski definition) is 5. The molecule has 0 bridgehead atoms. The van der Waals surface area contributed by atoms with E-state index in [1.165, 1.54) is 13.1 Å². The number of ketones is 1. The highest BCUT2D eigenvalue weighted by molar-refractivity contribution is 6.37. The minimum Gasteiger partial charge on any atom is -0.295 e. The maximum Gasteiger partial charge on any atom is 0.267 e. The summed E-state index contributed by atoms with van der Waals surface area (Å²) in [5.74, 6) is -0.945. The molecule has 3 heterocycles. The maximum atomic E-state index is 13.3. The molecule has 30 heavy (non-hydrogen) atoms. The zero-order chi connectivity index (χ0) is 21.0. The maximum absolute atomic E-state index is 13.3. The number of aromatic nitrogens is 3. The molecule has 7 heteroatoms. The number of para-hydroxylation sites is 1. The van der Waals surface area contributed by atoms with Crippen molar-refractivity contribution in [3.05, 3.63) is 83.2 Å². The number of benzene rings is 2. The topological polar surface area (TPSA) is 85.2 Å². The second kappa shape index (κ2) is 6.45. The number of carbonyl (C=O) groups excluding carboxylic acids is 3. The van der Waals surface area contributed by atoms with Crippen molar-refractivity contribution in [2.75, 3.05) is 4.90 Å². The molecule has 4 aromatic rings. The van der Waals surface area contributed by atoms with Crippen LogP contribution in [0.3, 0.4) is 0 Å². The molecule has 0 N–H and O–H groups in total. The first-order chi connectivity index (χ1) is 14.5. The third-order valence-electron chi connectivity index (χ3n) is 5.25. The predicted molar refractivity (Wildman–Crippen MR) is 111 cm³/mol. The van der Waals surface area contributed by atoms with E-state index in [4.69, 9.17) is 0 Å². The molecule has 0 radical (unpaired) electrons. The van der Waals surface area contributed by atoms with Gasteiger partial charge in [0.2, 0.25) is 0 Å². The van der Waals surface area contributed by atoms with Crippen LogP contribution in [-0.4, -0.2) is 32.4 Å². The molecule has 146 valence electrons. The van der Waals surface area contributed by atoms with Gasteiger partial charge in [0.1, 0.15) is 0 Å². The number of anilines is 1. The van der Waals surface area contributed by atoms with E-state index in [2.05, 4.69) is 10.1 Å². The molecule has 1 aliphatic rings. The Kier molecular flexibility index (Phi) is 3.86. The Morgan fingerprint density at radius 3 is 2.27 bits per heavy atom. The van der Waals surface area contributed by atoms with Gasteiger partial charge in [-0.15, -0.1) is 0 Å². The fraction of sp³-hybridized carbons (Fsp3) is 0.0870. The zero-order valence-corrected chi connectivity index (χ0v) is 16.3. The van der Waals surface area contributed by atoms with E-state index in [0.29, 0.717) is 33.5 Å². The fourth-order valence-corrected chi connectivity index (χ4v) is 3.79. The van der Waals surface area contributed by atoms with Crippen LogP contribution < -0.4 is 4.90 Å². The summed E-state index contributed by atoms with van der Waals surface area (Å²) in [4.78, 5) is 43.4. The minimum atomic E-state index is -0.438. The number of nitrogens with zero attached hydrogens (tertiary/aromatic N) is 4. The van der Waals surface area contributed by atoms with Crippen molar-refractivity contribution >= 4 is 34.3 Å². The molecular weight excluding hydrogens is 380 g/mol. The molecule has 0 saturated heterocycles. The molecule has 2 amide bonds. The fourth-order valence-electron chi connectivity index (χ4n) is 3.79. The van der Waals surface area contributed by atoms with Crippen LogP contribution in [0.5, 0.6) is 0 Å². The summed E-state index contributed by atoms with van der Waals surface area (Å²) < 4.78 is 1.67. The Morgan fingerprint density at radius 2 is 1.60 bits per heavy atom. The van der Waals surface area contributed by atoms with Crippen molar-refractivity contribution in [1.29, 1.82) is 0 Å². The standard InChI is InChI=1S/C23H16N4O3/c1-13-19-20-18(12-24-21(19)27(25-13)17-6-4-3-5-7-17)22(29)26(23(20)30)16-10-8-15(9-11-16)14(2)28/h3-12H,1-2H3. The molecule has 1 aliphatic heterocycles. The Hall–Kier alpha value is -4.13. The summed E-state index contributed by atoms with van der Waals surface area (Å²) in [5, 5.41) is 5.13. The molecule has 0 saturated carbocycles. The number of pyridine rings is 1. The van der Waals surface area contributed by atoms with Crippen molar-refractivity contribution in [1.82, 2.24) is 14.8 Å². The highest BCUT2D eigenvalue weighted by atomic mass is 16.2. The molecule has 7 nitrogen and oxygen atoms in total. The lowest BCUT2D eigenvalue weighted by Crippen LogP contribution is -2.29. The number of imide groups is 1. The first kappa shape index (κ1) is 17.9. The highest BCUT2D eigenvalue weighted by Crippen LogP contribution is 2.34. The third-order valence-corrected chi connectivity index (χ3v) is 5.25. The highest BCUT2D eigenvalue weighted by Gasteiger charge is 2.40. The summed E-state index contributed by atoms with van der Waals surface area (Å²) >= 11 is 0. The van der Waals surface area contributed by atoms with Gasteiger partial charge < -0.3 is 0 Å². The van der Waals surface area contributed by atoms with Crippen LogP contribution in [0.2, 0.25) is 0 Å². The average molecular weight is 396 g/mol. The predicted octanol–water partition coefficient (Wildman–Crippen LogP) is 3.73. The van der Waals surface area contributed by atoms with Crippen molar-refractivity contribution < 1.29 is 14.4 Å². The van der Waals surface area contributed by atoms with Gasteiger partial charge in [-0.2, -0.15) is 5.10 Å². The molecule has 2 aromatic heterocycles. The normalized spacial score (nSPS) is 13.2. The van der Waals surface area contributed by atoms with Gasteiger partial charge in [0.25, 0.3) is 11.8 Å². The van der Waals surface area contributed by atoms with E-state index in [9.17, 15) is 14.4 Å². The lowest BCUT2D eigenvalue weighted by atomic mass is 10.1. The van der Waals surface area contributed by atoms with Crippen LogP contribution in [0.4, 0.5) is 5.69 Å². The van der Waals surface area contributed by atoms with Crippen LogP contribution in [-0.2, 0) is 0 Å². The molecule has 0 atom stereocenters. The number of amides is 2. The number of Topliss-reactive ketones (excluding diaryl/α,β-unsaturated/α-hetero) is 1. The molecule has 5 rings (SSSR count). The van der Waals surface area contributed by atoms with Crippen molar-refractivity contribution in [3.8, 4) is 5.69 Å².